The molecule has 0 aliphatic heterocycles. The Morgan fingerprint density at radius 3 is 2.62 bits per heavy atom. The normalized spacial score (nSPS) is 13.8. The molecule has 0 heterocycles. The molecular formula is C17H26FN3O3. The van der Waals surface area contributed by atoms with Crippen LogP contribution in [-0.2, 0) is 9.53 Å². The maximum absolute atomic E-state index is 13.2. The summed E-state index contributed by atoms with van der Waals surface area (Å²) < 4.78 is 23.6. The topological polar surface area (TPSA) is 72.0 Å². The number of nitrogens with zero attached hydrogens (tertiary/aromatic N) is 1. The molecule has 0 saturated carbocycles. The Bertz CT molecular complexity index is 552. The Kier molecular flexibility index (Phi) is 8.60. The first-order chi connectivity index (χ1) is 11.5. The van der Waals surface area contributed by atoms with Crippen LogP contribution in [0.4, 0.5) is 4.39 Å². The molecule has 0 aliphatic carbocycles. The summed E-state index contributed by atoms with van der Waals surface area (Å²) in [6, 6.07) is 6.06. The lowest BCUT2D eigenvalue weighted by atomic mass is 10.2. The van der Waals surface area contributed by atoms with Crippen molar-refractivity contribution in [1.82, 2.24) is 10.6 Å². The summed E-state index contributed by atoms with van der Waals surface area (Å²) in [4.78, 5) is 15.5. The number of rotatable bonds is 8. The van der Waals surface area contributed by atoms with Gasteiger partial charge in [-0.1, -0.05) is 19.9 Å². The van der Waals surface area contributed by atoms with E-state index in [2.05, 4.69) is 20.4 Å². The smallest absolute Gasteiger partial charge is 0.310 e. The van der Waals surface area contributed by atoms with E-state index in [9.17, 15) is 9.18 Å². The second-order valence-electron chi connectivity index (χ2n) is 5.36. The van der Waals surface area contributed by atoms with Crippen LogP contribution in [-0.4, -0.2) is 45.3 Å². The largest absolute Gasteiger partial charge is 0.489 e. The molecule has 0 aromatic heterocycles. The van der Waals surface area contributed by atoms with Crippen LogP contribution in [0.2, 0.25) is 0 Å². The average Bonchev–Trinajstić information content (AvgIpc) is 2.59. The summed E-state index contributed by atoms with van der Waals surface area (Å²) in [7, 11) is 3.01. The van der Waals surface area contributed by atoms with E-state index in [1.54, 1.807) is 26.1 Å². The van der Waals surface area contributed by atoms with Crippen molar-refractivity contribution >= 4 is 11.9 Å². The van der Waals surface area contributed by atoms with Crippen LogP contribution in [0.25, 0.3) is 0 Å². The van der Waals surface area contributed by atoms with Gasteiger partial charge in [0.25, 0.3) is 0 Å². The predicted molar refractivity (Wildman–Crippen MR) is 91.7 cm³/mol. The van der Waals surface area contributed by atoms with Gasteiger partial charge >= 0.3 is 5.97 Å². The van der Waals surface area contributed by atoms with E-state index in [1.165, 1.54) is 19.2 Å². The number of hydrogen-bond acceptors (Lipinski definition) is 4. The van der Waals surface area contributed by atoms with Crippen molar-refractivity contribution in [1.29, 1.82) is 0 Å². The van der Waals surface area contributed by atoms with Gasteiger partial charge in [0.1, 0.15) is 17.7 Å². The molecular weight excluding hydrogens is 313 g/mol. The number of nitrogens with one attached hydrogen (secondary N) is 2. The van der Waals surface area contributed by atoms with Crippen molar-refractivity contribution < 1.29 is 18.7 Å². The van der Waals surface area contributed by atoms with Gasteiger partial charge < -0.3 is 20.1 Å². The molecule has 0 spiro atoms. The predicted octanol–water partition coefficient (Wildman–Crippen LogP) is 1.96. The summed E-state index contributed by atoms with van der Waals surface area (Å²) in [5.74, 6) is 0.167. The minimum Gasteiger partial charge on any atom is -0.489 e. The van der Waals surface area contributed by atoms with Crippen molar-refractivity contribution in [2.75, 3.05) is 27.2 Å². The molecule has 134 valence electrons. The highest BCUT2D eigenvalue weighted by Gasteiger charge is 2.14. The highest BCUT2D eigenvalue weighted by molar-refractivity contribution is 5.80. The van der Waals surface area contributed by atoms with E-state index >= 15 is 0 Å². The fourth-order valence-corrected chi connectivity index (χ4v) is 1.97. The van der Waals surface area contributed by atoms with Crippen LogP contribution in [0.15, 0.2) is 29.3 Å². The summed E-state index contributed by atoms with van der Waals surface area (Å²) in [6.07, 6.45) is 0.613. The number of methoxy groups -OCH3 is 1. The van der Waals surface area contributed by atoms with Crippen LogP contribution in [0.1, 0.15) is 20.3 Å². The van der Waals surface area contributed by atoms with Gasteiger partial charge in [-0.25, -0.2) is 4.39 Å². The molecule has 1 aromatic rings. The second-order valence-corrected chi connectivity index (χ2v) is 5.36. The third-order valence-corrected chi connectivity index (χ3v) is 3.45. The molecule has 0 radical (unpaired) electrons. The van der Waals surface area contributed by atoms with Crippen LogP contribution < -0.4 is 15.4 Å². The number of hydrogen-bond donors (Lipinski definition) is 2. The quantitative estimate of drug-likeness (QED) is 0.430. The number of benzene rings is 1. The van der Waals surface area contributed by atoms with Crippen molar-refractivity contribution in [3.05, 3.63) is 30.1 Å². The number of carbonyl (C=O) groups excluding carboxylic acids is 1. The maximum Gasteiger partial charge on any atom is 0.310 e. The number of esters is 1. The van der Waals surface area contributed by atoms with Crippen molar-refractivity contribution in [2.45, 2.75) is 26.4 Å². The standard InChI is InChI=1S/C17H26FN3O3/c1-5-14(24-15-8-6-7-13(18)9-15)11-21-17(19-3)20-10-12(2)16(22)23-4/h6-9,12,14H,5,10-11H2,1-4H3,(H2,19,20,21). The zero-order chi connectivity index (χ0) is 17.9. The van der Waals surface area contributed by atoms with Gasteiger partial charge in [0, 0.05) is 19.7 Å². The fraction of sp³-hybridized carbons (Fsp3) is 0.529. The summed E-state index contributed by atoms with van der Waals surface area (Å²) in [5.41, 5.74) is 0. The lowest BCUT2D eigenvalue weighted by molar-refractivity contribution is -0.144. The monoisotopic (exact) mass is 339 g/mol. The first-order valence-electron chi connectivity index (χ1n) is 7.94. The number of guanidine groups is 1. The molecule has 1 aromatic carbocycles. The number of carbonyl (C=O) groups is 1. The summed E-state index contributed by atoms with van der Waals surface area (Å²) >= 11 is 0. The molecule has 1 rings (SSSR count). The molecule has 6 nitrogen and oxygen atoms in total. The Hall–Kier alpha value is -2.31. The van der Waals surface area contributed by atoms with E-state index in [0.717, 1.165) is 6.42 Å². The van der Waals surface area contributed by atoms with Crippen LogP contribution in [0.5, 0.6) is 5.75 Å². The van der Waals surface area contributed by atoms with Crippen molar-refractivity contribution in [3.63, 3.8) is 0 Å². The third-order valence-electron chi connectivity index (χ3n) is 3.45. The lowest BCUT2D eigenvalue weighted by Crippen LogP contribution is -2.44. The van der Waals surface area contributed by atoms with Crippen molar-refractivity contribution in [2.24, 2.45) is 10.9 Å². The summed E-state index contributed by atoms with van der Waals surface area (Å²) in [6.45, 7) is 4.67. The maximum atomic E-state index is 13.2. The van der Waals surface area contributed by atoms with E-state index in [4.69, 9.17) is 4.74 Å². The van der Waals surface area contributed by atoms with E-state index in [1.807, 2.05) is 6.92 Å². The minimum absolute atomic E-state index is 0.136. The zero-order valence-electron chi connectivity index (χ0n) is 14.6. The fourth-order valence-electron chi connectivity index (χ4n) is 1.97. The van der Waals surface area contributed by atoms with Gasteiger partial charge in [0.2, 0.25) is 0 Å². The van der Waals surface area contributed by atoms with E-state index in [0.29, 0.717) is 24.8 Å². The lowest BCUT2D eigenvalue weighted by Gasteiger charge is -2.20. The SMILES string of the molecule is CCC(CNC(=NC)NCC(C)C(=O)OC)Oc1cccc(F)c1. The Morgan fingerprint density at radius 1 is 1.33 bits per heavy atom. The van der Waals surface area contributed by atoms with Gasteiger partial charge in [0.15, 0.2) is 5.96 Å². The molecule has 0 amide bonds. The Morgan fingerprint density at radius 2 is 2.04 bits per heavy atom. The van der Waals surface area contributed by atoms with Crippen LogP contribution >= 0.6 is 0 Å². The Labute approximate surface area is 142 Å². The molecule has 24 heavy (non-hydrogen) atoms. The van der Waals surface area contributed by atoms with E-state index in [-0.39, 0.29) is 23.8 Å². The molecule has 0 aliphatic rings. The Balaban J connectivity index is 2.46. The van der Waals surface area contributed by atoms with Crippen LogP contribution in [0.3, 0.4) is 0 Å². The molecule has 2 unspecified atom stereocenters. The van der Waals surface area contributed by atoms with Gasteiger partial charge in [-0.2, -0.15) is 0 Å². The minimum atomic E-state index is -0.329. The number of halogens is 1. The van der Waals surface area contributed by atoms with Gasteiger partial charge in [-0.05, 0) is 18.6 Å². The second kappa shape index (κ2) is 10.5. The molecule has 2 atom stereocenters. The van der Waals surface area contributed by atoms with Crippen LogP contribution in [0, 0.1) is 11.7 Å². The molecule has 0 fully saturated rings. The summed E-state index contributed by atoms with van der Waals surface area (Å²) in [5, 5.41) is 6.19. The van der Waals surface area contributed by atoms with Gasteiger partial charge in [0.05, 0.1) is 19.6 Å². The molecule has 2 N–H and O–H groups in total. The molecule has 0 bridgehead atoms. The first kappa shape index (κ1) is 19.7. The molecule has 7 heteroatoms. The first-order valence-corrected chi connectivity index (χ1v) is 7.94. The van der Waals surface area contributed by atoms with Crippen molar-refractivity contribution in [3.8, 4) is 5.75 Å². The third kappa shape index (κ3) is 6.85. The number of aliphatic imine (C=N–C) groups is 1. The average molecular weight is 339 g/mol. The van der Waals surface area contributed by atoms with E-state index < -0.39 is 0 Å². The zero-order valence-corrected chi connectivity index (χ0v) is 14.6. The number of ether oxygens (including phenoxy) is 2. The van der Waals surface area contributed by atoms with Gasteiger partial charge in [-0.15, -0.1) is 0 Å². The molecule has 0 saturated heterocycles. The highest BCUT2D eigenvalue weighted by atomic mass is 19.1. The highest BCUT2D eigenvalue weighted by Crippen LogP contribution is 2.14. The van der Waals surface area contributed by atoms with Gasteiger partial charge in [-0.3, -0.25) is 9.79 Å².